The molecular weight excluding hydrogens is 330 g/mol. The van der Waals surface area contributed by atoms with Crippen LogP contribution in [-0.4, -0.2) is 10.9 Å². The van der Waals surface area contributed by atoms with Crippen molar-refractivity contribution in [3.8, 4) is 6.07 Å². The summed E-state index contributed by atoms with van der Waals surface area (Å²) in [5.41, 5.74) is 2.67. The number of amides is 1. The summed E-state index contributed by atoms with van der Waals surface area (Å²) in [4.78, 5) is 15.5. The Morgan fingerprint density at radius 3 is 2.81 bits per heavy atom. The molecule has 3 aromatic rings. The molecule has 1 aromatic heterocycles. The topological polar surface area (TPSA) is 68.7 Å². The van der Waals surface area contributed by atoms with Crippen molar-refractivity contribution >= 4 is 38.4 Å². The summed E-state index contributed by atoms with van der Waals surface area (Å²) in [5, 5.41) is 12.6. The molecule has 21 heavy (non-hydrogen) atoms. The number of nitrogens with zero attached hydrogens (tertiary/aromatic N) is 1. The summed E-state index contributed by atoms with van der Waals surface area (Å²) in [6.45, 7) is 0. The van der Waals surface area contributed by atoms with Gasteiger partial charge in [-0.25, -0.2) is 0 Å². The largest absolute Gasteiger partial charge is 0.360 e. The lowest BCUT2D eigenvalue weighted by Crippen LogP contribution is -2.11. The Hall–Kier alpha value is -2.58. The molecule has 102 valence electrons. The van der Waals surface area contributed by atoms with Crippen molar-refractivity contribution in [3.63, 3.8) is 0 Å². The maximum Gasteiger partial charge on any atom is 0.257 e. The zero-order valence-corrected chi connectivity index (χ0v) is 12.4. The average Bonchev–Trinajstić information content (AvgIpc) is 2.93. The number of hydrogen-bond acceptors (Lipinski definition) is 2. The van der Waals surface area contributed by atoms with Gasteiger partial charge in [0, 0.05) is 21.6 Å². The summed E-state index contributed by atoms with van der Waals surface area (Å²) in [6, 6.07) is 14.7. The fourth-order valence-corrected chi connectivity index (χ4v) is 2.61. The van der Waals surface area contributed by atoms with Crippen LogP contribution in [0.1, 0.15) is 15.9 Å². The second-order valence-electron chi connectivity index (χ2n) is 4.51. The lowest BCUT2D eigenvalue weighted by atomic mass is 10.1. The molecule has 0 aliphatic heterocycles. The molecule has 0 unspecified atom stereocenters. The standard InChI is InChI=1S/C16H10BrN3O/c17-13-7-10(8-18)5-6-15(13)20-16(21)12-9-19-14-4-2-1-3-11(12)14/h1-7,9,19H,(H,20,21). The van der Waals surface area contributed by atoms with Crippen LogP contribution in [0.4, 0.5) is 5.69 Å². The minimum Gasteiger partial charge on any atom is -0.360 e. The number of rotatable bonds is 2. The molecule has 3 rings (SSSR count). The van der Waals surface area contributed by atoms with E-state index in [2.05, 4.69) is 32.3 Å². The number of nitriles is 1. The second-order valence-corrected chi connectivity index (χ2v) is 5.36. The number of para-hydroxylation sites is 1. The molecule has 0 spiro atoms. The molecule has 0 atom stereocenters. The Bertz CT molecular complexity index is 877. The Morgan fingerprint density at radius 2 is 2.05 bits per heavy atom. The molecule has 0 saturated carbocycles. The van der Waals surface area contributed by atoms with E-state index >= 15 is 0 Å². The number of H-pyrrole nitrogens is 1. The van der Waals surface area contributed by atoms with E-state index in [0.717, 1.165) is 10.9 Å². The number of aromatic nitrogens is 1. The lowest BCUT2D eigenvalue weighted by Gasteiger charge is -2.07. The molecule has 0 saturated heterocycles. The molecule has 2 N–H and O–H groups in total. The number of nitrogens with one attached hydrogen (secondary N) is 2. The van der Waals surface area contributed by atoms with Crippen molar-refractivity contribution in [2.24, 2.45) is 0 Å². The van der Waals surface area contributed by atoms with Crippen LogP contribution in [0.15, 0.2) is 53.1 Å². The van der Waals surface area contributed by atoms with Gasteiger partial charge in [-0.2, -0.15) is 5.26 Å². The van der Waals surface area contributed by atoms with E-state index in [1.165, 1.54) is 0 Å². The lowest BCUT2D eigenvalue weighted by molar-refractivity contribution is 0.102. The van der Waals surface area contributed by atoms with Crippen LogP contribution in [0.25, 0.3) is 10.9 Å². The van der Waals surface area contributed by atoms with Gasteiger partial charge < -0.3 is 10.3 Å². The molecule has 0 fully saturated rings. The van der Waals surface area contributed by atoms with Crippen LogP contribution in [0.3, 0.4) is 0 Å². The SMILES string of the molecule is N#Cc1ccc(NC(=O)c2c[nH]c3ccccc23)c(Br)c1. The van der Waals surface area contributed by atoms with Crippen LogP contribution in [0.5, 0.6) is 0 Å². The van der Waals surface area contributed by atoms with Gasteiger partial charge in [-0.05, 0) is 40.2 Å². The number of aromatic amines is 1. The monoisotopic (exact) mass is 339 g/mol. The maximum absolute atomic E-state index is 12.4. The minimum absolute atomic E-state index is 0.196. The number of carbonyl (C=O) groups is 1. The number of benzene rings is 2. The van der Waals surface area contributed by atoms with E-state index in [-0.39, 0.29) is 5.91 Å². The van der Waals surface area contributed by atoms with Crippen LogP contribution in [0, 0.1) is 11.3 Å². The first-order valence-electron chi connectivity index (χ1n) is 6.26. The summed E-state index contributed by atoms with van der Waals surface area (Å²) >= 11 is 3.36. The predicted octanol–water partition coefficient (Wildman–Crippen LogP) is 4.05. The van der Waals surface area contributed by atoms with Crippen molar-refractivity contribution in [2.75, 3.05) is 5.32 Å². The molecule has 1 heterocycles. The Labute approximate surface area is 129 Å². The maximum atomic E-state index is 12.4. The number of anilines is 1. The number of hydrogen-bond donors (Lipinski definition) is 2. The van der Waals surface area contributed by atoms with Crippen LogP contribution >= 0.6 is 15.9 Å². The fraction of sp³-hybridized carbons (Fsp3) is 0. The van der Waals surface area contributed by atoms with Gasteiger partial charge in [-0.15, -0.1) is 0 Å². The molecular formula is C16H10BrN3O. The third kappa shape index (κ3) is 2.54. The van der Waals surface area contributed by atoms with E-state index in [1.54, 1.807) is 24.4 Å². The van der Waals surface area contributed by atoms with Gasteiger partial charge in [-0.3, -0.25) is 4.79 Å². The third-order valence-electron chi connectivity index (χ3n) is 3.18. The van der Waals surface area contributed by atoms with Gasteiger partial charge in [-0.1, -0.05) is 18.2 Å². The van der Waals surface area contributed by atoms with Crippen LogP contribution in [0.2, 0.25) is 0 Å². The Kier molecular flexibility index (Phi) is 3.46. The molecule has 0 radical (unpaired) electrons. The smallest absolute Gasteiger partial charge is 0.257 e. The highest BCUT2D eigenvalue weighted by Crippen LogP contribution is 2.25. The van der Waals surface area contributed by atoms with Crippen LogP contribution in [-0.2, 0) is 0 Å². The highest BCUT2D eigenvalue weighted by atomic mass is 79.9. The van der Waals surface area contributed by atoms with E-state index in [9.17, 15) is 4.79 Å². The van der Waals surface area contributed by atoms with Crippen molar-refractivity contribution < 1.29 is 4.79 Å². The van der Waals surface area contributed by atoms with E-state index in [0.29, 0.717) is 21.3 Å². The van der Waals surface area contributed by atoms with Gasteiger partial charge >= 0.3 is 0 Å². The van der Waals surface area contributed by atoms with Gasteiger partial charge in [0.2, 0.25) is 0 Å². The first-order valence-corrected chi connectivity index (χ1v) is 7.05. The molecule has 4 nitrogen and oxygen atoms in total. The van der Waals surface area contributed by atoms with Crippen molar-refractivity contribution in [3.05, 3.63) is 64.3 Å². The third-order valence-corrected chi connectivity index (χ3v) is 3.84. The average molecular weight is 340 g/mol. The zero-order chi connectivity index (χ0) is 14.8. The highest BCUT2D eigenvalue weighted by Gasteiger charge is 2.13. The zero-order valence-electron chi connectivity index (χ0n) is 10.9. The van der Waals surface area contributed by atoms with Crippen LogP contribution < -0.4 is 5.32 Å². The number of halogens is 1. The second kappa shape index (κ2) is 5.43. The first-order chi connectivity index (χ1) is 10.2. The summed E-state index contributed by atoms with van der Waals surface area (Å²) in [7, 11) is 0. The quantitative estimate of drug-likeness (QED) is 0.739. The number of carbonyl (C=O) groups excluding carboxylic acids is 1. The van der Waals surface area contributed by atoms with Gasteiger partial charge in [0.05, 0.1) is 22.9 Å². The summed E-state index contributed by atoms with van der Waals surface area (Å²) < 4.78 is 0.676. The molecule has 5 heteroatoms. The Balaban J connectivity index is 1.92. The minimum atomic E-state index is -0.196. The van der Waals surface area contributed by atoms with Gasteiger partial charge in [0.15, 0.2) is 0 Å². The summed E-state index contributed by atoms with van der Waals surface area (Å²) in [5.74, 6) is -0.196. The molecule has 0 aliphatic rings. The molecule has 1 amide bonds. The van der Waals surface area contributed by atoms with Gasteiger partial charge in [0.1, 0.15) is 0 Å². The van der Waals surface area contributed by atoms with E-state index in [4.69, 9.17) is 5.26 Å². The first kappa shape index (κ1) is 13.4. The van der Waals surface area contributed by atoms with E-state index in [1.807, 2.05) is 24.3 Å². The Morgan fingerprint density at radius 1 is 1.24 bits per heavy atom. The number of fused-ring (bicyclic) bond motifs is 1. The molecule has 0 bridgehead atoms. The highest BCUT2D eigenvalue weighted by molar-refractivity contribution is 9.10. The van der Waals surface area contributed by atoms with Crippen molar-refractivity contribution in [1.82, 2.24) is 4.98 Å². The van der Waals surface area contributed by atoms with Crippen molar-refractivity contribution in [1.29, 1.82) is 5.26 Å². The molecule has 2 aromatic carbocycles. The molecule has 0 aliphatic carbocycles. The van der Waals surface area contributed by atoms with E-state index < -0.39 is 0 Å². The predicted molar refractivity (Wildman–Crippen MR) is 85.1 cm³/mol. The van der Waals surface area contributed by atoms with Crippen molar-refractivity contribution in [2.45, 2.75) is 0 Å². The summed E-state index contributed by atoms with van der Waals surface area (Å²) in [6.07, 6.45) is 1.69. The normalized spacial score (nSPS) is 10.3. The van der Waals surface area contributed by atoms with Gasteiger partial charge in [0.25, 0.3) is 5.91 Å². The fourth-order valence-electron chi connectivity index (χ4n) is 2.14.